The highest BCUT2D eigenvalue weighted by Gasteiger charge is 2.39. The summed E-state index contributed by atoms with van der Waals surface area (Å²) in [6.45, 7) is 8.12. The van der Waals surface area contributed by atoms with Gasteiger partial charge >= 0.3 is 6.09 Å². The van der Waals surface area contributed by atoms with E-state index in [9.17, 15) is 4.79 Å². The smallest absolute Gasteiger partial charge is 0.420 e. The number of hydrogen-bond acceptors (Lipinski definition) is 6. The average molecular weight is 409 g/mol. The van der Waals surface area contributed by atoms with Crippen LogP contribution in [0, 0.1) is 0 Å². The van der Waals surface area contributed by atoms with Crippen molar-refractivity contribution in [3.05, 3.63) is 47.7 Å². The molecule has 2 atom stereocenters. The monoisotopic (exact) mass is 409 g/mol. The number of benzene rings is 1. The first-order valence-electron chi connectivity index (χ1n) is 10.0. The van der Waals surface area contributed by atoms with Gasteiger partial charge in [-0.1, -0.05) is 6.07 Å². The number of methoxy groups -OCH3 is 1. The number of ether oxygens (including phenoxy) is 3. The van der Waals surface area contributed by atoms with Crippen molar-refractivity contribution in [1.29, 1.82) is 0 Å². The summed E-state index contributed by atoms with van der Waals surface area (Å²) >= 11 is 0. The summed E-state index contributed by atoms with van der Waals surface area (Å²) in [7, 11) is 1.70. The molecule has 0 spiro atoms. The van der Waals surface area contributed by atoms with E-state index in [0.29, 0.717) is 23.8 Å². The van der Waals surface area contributed by atoms with E-state index in [1.165, 1.54) is 4.90 Å². The van der Waals surface area contributed by atoms with E-state index in [1.54, 1.807) is 19.5 Å². The Labute approximate surface area is 176 Å². The first-order chi connectivity index (χ1) is 14.2. The van der Waals surface area contributed by atoms with Crippen LogP contribution in [-0.2, 0) is 19.8 Å². The molecular formula is C23H27N3O4. The van der Waals surface area contributed by atoms with Crippen LogP contribution in [0.4, 0.5) is 22.0 Å². The topological polar surface area (TPSA) is 73.3 Å². The molecule has 1 aromatic carbocycles. The maximum atomic E-state index is 13.1. The molecule has 0 N–H and O–H groups in total. The standard InChI is InChI=1S/C23H27N3O4/c1-22(2,3)30-21(27)26-19-9-8-16(23(4)12-17(28-5)14-29-23)11-18(19)25-13-15-7-6-10-24-20(15)26/h6-11,13,17H,12,14H2,1-5H3. The number of rotatable bonds is 2. The highest BCUT2D eigenvalue weighted by Crippen LogP contribution is 2.43. The van der Waals surface area contributed by atoms with E-state index in [2.05, 4.69) is 16.9 Å². The van der Waals surface area contributed by atoms with Gasteiger partial charge in [-0.15, -0.1) is 0 Å². The largest absolute Gasteiger partial charge is 0.443 e. The van der Waals surface area contributed by atoms with Gasteiger partial charge in [0.1, 0.15) is 5.60 Å². The number of hydrogen-bond donors (Lipinski definition) is 0. The van der Waals surface area contributed by atoms with Crippen molar-refractivity contribution >= 4 is 29.5 Å². The summed E-state index contributed by atoms with van der Waals surface area (Å²) in [5, 5.41) is 0. The van der Waals surface area contributed by atoms with Crippen molar-refractivity contribution in [2.75, 3.05) is 18.6 Å². The third-order valence-electron chi connectivity index (χ3n) is 5.31. The molecule has 7 nitrogen and oxygen atoms in total. The van der Waals surface area contributed by atoms with Crippen molar-refractivity contribution in [2.24, 2.45) is 4.99 Å². The lowest BCUT2D eigenvalue weighted by molar-refractivity contribution is 0.00999. The fourth-order valence-electron chi connectivity index (χ4n) is 3.77. The van der Waals surface area contributed by atoms with Crippen LogP contribution < -0.4 is 4.90 Å². The Morgan fingerprint density at radius 3 is 2.80 bits per heavy atom. The maximum absolute atomic E-state index is 13.1. The minimum absolute atomic E-state index is 0.0593. The van der Waals surface area contributed by atoms with E-state index in [0.717, 1.165) is 17.5 Å². The van der Waals surface area contributed by atoms with Crippen LogP contribution in [0.15, 0.2) is 41.5 Å². The number of pyridine rings is 1. The van der Waals surface area contributed by atoms with Gasteiger partial charge in [0.15, 0.2) is 5.82 Å². The predicted molar refractivity (Wildman–Crippen MR) is 115 cm³/mol. The van der Waals surface area contributed by atoms with Gasteiger partial charge in [0, 0.05) is 31.5 Å². The quantitative estimate of drug-likeness (QED) is 0.708. The Kier molecular flexibility index (Phi) is 5.11. The van der Waals surface area contributed by atoms with Gasteiger partial charge in [-0.3, -0.25) is 4.99 Å². The summed E-state index contributed by atoms with van der Waals surface area (Å²) in [5.41, 5.74) is 1.89. The van der Waals surface area contributed by atoms with Gasteiger partial charge < -0.3 is 14.2 Å². The van der Waals surface area contributed by atoms with Crippen molar-refractivity contribution in [3.63, 3.8) is 0 Å². The van der Waals surface area contributed by atoms with E-state index in [-0.39, 0.29) is 6.10 Å². The van der Waals surface area contributed by atoms with Gasteiger partial charge in [-0.05, 0) is 57.5 Å². The summed E-state index contributed by atoms with van der Waals surface area (Å²) in [6, 6.07) is 9.51. The van der Waals surface area contributed by atoms with Crippen molar-refractivity contribution in [2.45, 2.75) is 51.4 Å². The molecule has 4 rings (SSSR count). The molecule has 2 aromatic rings. The Balaban J connectivity index is 1.79. The van der Waals surface area contributed by atoms with Crippen LogP contribution in [0.2, 0.25) is 0 Å². The number of carbonyl (C=O) groups is 1. The molecule has 0 saturated carbocycles. The van der Waals surface area contributed by atoms with Crippen molar-refractivity contribution in [3.8, 4) is 0 Å². The van der Waals surface area contributed by atoms with Gasteiger partial charge in [-0.2, -0.15) is 0 Å². The van der Waals surface area contributed by atoms with Gasteiger partial charge in [0.05, 0.1) is 29.7 Å². The molecule has 2 aliphatic rings. The van der Waals surface area contributed by atoms with E-state index >= 15 is 0 Å². The zero-order valence-electron chi connectivity index (χ0n) is 18.0. The fraction of sp³-hybridized carbons (Fsp3) is 0.435. The summed E-state index contributed by atoms with van der Waals surface area (Å²) in [5.74, 6) is 0.491. The van der Waals surface area contributed by atoms with Crippen LogP contribution in [-0.4, -0.2) is 42.7 Å². The molecule has 7 heteroatoms. The van der Waals surface area contributed by atoms with Gasteiger partial charge in [0.25, 0.3) is 0 Å². The Hall–Kier alpha value is -2.77. The number of aromatic nitrogens is 1. The second kappa shape index (κ2) is 7.49. The van der Waals surface area contributed by atoms with Crippen LogP contribution in [0.1, 0.15) is 45.2 Å². The van der Waals surface area contributed by atoms with Crippen LogP contribution >= 0.6 is 0 Å². The lowest BCUT2D eigenvalue weighted by Gasteiger charge is -2.29. The molecule has 30 heavy (non-hydrogen) atoms. The van der Waals surface area contributed by atoms with Gasteiger partial charge in [0.2, 0.25) is 0 Å². The third kappa shape index (κ3) is 3.82. The highest BCUT2D eigenvalue weighted by atomic mass is 16.6. The predicted octanol–water partition coefficient (Wildman–Crippen LogP) is 4.87. The van der Waals surface area contributed by atoms with E-state index in [4.69, 9.17) is 14.2 Å². The highest BCUT2D eigenvalue weighted by molar-refractivity contribution is 6.05. The first kappa shape index (κ1) is 20.5. The van der Waals surface area contributed by atoms with Crippen LogP contribution in [0.25, 0.3) is 0 Å². The second-order valence-electron chi connectivity index (χ2n) is 8.80. The third-order valence-corrected chi connectivity index (χ3v) is 5.31. The number of carbonyl (C=O) groups excluding carboxylic acids is 1. The summed E-state index contributed by atoms with van der Waals surface area (Å²) in [4.78, 5) is 23.7. The SMILES string of the molecule is COC1COC(C)(c2ccc3c(c2)N=Cc2cccnc2N3C(=O)OC(C)(C)C)C1. The molecule has 1 aromatic heterocycles. The minimum atomic E-state index is -0.639. The Morgan fingerprint density at radius 1 is 1.30 bits per heavy atom. The molecule has 2 unspecified atom stereocenters. The number of amides is 1. The molecule has 0 radical (unpaired) electrons. The number of anilines is 2. The molecule has 2 aliphatic heterocycles. The minimum Gasteiger partial charge on any atom is -0.443 e. The maximum Gasteiger partial charge on any atom is 0.420 e. The molecule has 1 amide bonds. The summed E-state index contributed by atoms with van der Waals surface area (Å²) < 4.78 is 17.2. The van der Waals surface area contributed by atoms with Crippen LogP contribution in [0.3, 0.4) is 0 Å². The molecule has 0 bridgehead atoms. The molecule has 158 valence electrons. The van der Waals surface area contributed by atoms with Crippen molar-refractivity contribution < 1.29 is 19.0 Å². The normalized spacial score (nSPS) is 23.0. The lowest BCUT2D eigenvalue weighted by atomic mass is 9.91. The molecule has 3 heterocycles. The zero-order chi connectivity index (χ0) is 21.5. The average Bonchev–Trinajstić information content (AvgIpc) is 3.00. The van der Waals surface area contributed by atoms with E-state index in [1.807, 2.05) is 51.1 Å². The molecule has 0 aliphatic carbocycles. The zero-order valence-corrected chi connectivity index (χ0v) is 18.0. The van der Waals surface area contributed by atoms with E-state index < -0.39 is 17.3 Å². The Bertz CT molecular complexity index is 998. The number of nitrogens with zero attached hydrogens (tertiary/aromatic N) is 3. The fourth-order valence-corrected chi connectivity index (χ4v) is 3.77. The number of fused-ring (bicyclic) bond motifs is 2. The lowest BCUT2D eigenvalue weighted by Crippen LogP contribution is -2.34. The number of aliphatic imine (C=N–C) groups is 1. The van der Waals surface area contributed by atoms with Crippen molar-refractivity contribution in [1.82, 2.24) is 4.98 Å². The Morgan fingerprint density at radius 2 is 2.10 bits per heavy atom. The molecular weight excluding hydrogens is 382 g/mol. The van der Waals surface area contributed by atoms with Crippen LogP contribution in [0.5, 0.6) is 0 Å². The summed E-state index contributed by atoms with van der Waals surface area (Å²) in [6.07, 6.45) is 3.70. The van der Waals surface area contributed by atoms with Gasteiger partial charge in [-0.25, -0.2) is 14.7 Å². The molecule has 1 fully saturated rings. The molecule has 1 saturated heterocycles. The second-order valence-corrected chi connectivity index (χ2v) is 8.80. The first-order valence-corrected chi connectivity index (χ1v) is 10.0.